The van der Waals surface area contributed by atoms with Crippen molar-refractivity contribution in [3.8, 4) is 0 Å². The van der Waals surface area contributed by atoms with Gasteiger partial charge in [-0.15, -0.1) is 0 Å². The van der Waals surface area contributed by atoms with E-state index in [0.717, 1.165) is 5.92 Å². The fourth-order valence-electron chi connectivity index (χ4n) is 2.62. The fourth-order valence-corrected chi connectivity index (χ4v) is 2.62. The van der Waals surface area contributed by atoms with Crippen molar-refractivity contribution in [2.45, 2.75) is 38.6 Å². The molecular formula is C14H23N3. The van der Waals surface area contributed by atoms with Gasteiger partial charge in [0.15, 0.2) is 0 Å². The summed E-state index contributed by atoms with van der Waals surface area (Å²) in [4.78, 5) is 2.35. The zero-order valence-electron chi connectivity index (χ0n) is 10.8. The van der Waals surface area contributed by atoms with Gasteiger partial charge in [-0.05, 0) is 49.8 Å². The highest BCUT2D eigenvalue weighted by molar-refractivity contribution is 5.69. The van der Waals surface area contributed by atoms with Gasteiger partial charge >= 0.3 is 0 Å². The van der Waals surface area contributed by atoms with E-state index in [2.05, 4.69) is 24.9 Å². The van der Waals surface area contributed by atoms with E-state index in [1.165, 1.54) is 31.4 Å². The first kappa shape index (κ1) is 12.1. The largest absolute Gasteiger partial charge is 0.397 e. The second-order valence-electron chi connectivity index (χ2n) is 5.34. The van der Waals surface area contributed by atoms with E-state index in [-0.39, 0.29) is 0 Å². The minimum Gasteiger partial charge on any atom is -0.397 e. The van der Waals surface area contributed by atoms with Gasteiger partial charge in [0.2, 0.25) is 0 Å². The molecule has 2 rings (SSSR count). The number of nitrogens with two attached hydrogens (primary N) is 2. The van der Waals surface area contributed by atoms with Crippen molar-refractivity contribution in [1.82, 2.24) is 0 Å². The minimum absolute atomic E-state index is 0.647. The summed E-state index contributed by atoms with van der Waals surface area (Å²) >= 11 is 0. The van der Waals surface area contributed by atoms with Crippen LogP contribution in [0.15, 0.2) is 18.2 Å². The van der Waals surface area contributed by atoms with Crippen LogP contribution in [0.4, 0.5) is 17.1 Å². The van der Waals surface area contributed by atoms with Crippen LogP contribution >= 0.6 is 0 Å². The third kappa shape index (κ3) is 2.65. The molecule has 0 spiro atoms. The van der Waals surface area contributed by atoms with Gasteiger partial charge in [0.1, 0.15) is 0 Å². The second-order valence-corrected chi connectivity index (χ2v) is 5.34. The van der Waals surface area contributed by atoms with E-state index in [1.807, 2.05) is 12.1 Å². The Labute approximate surface area is 104 Å². The van der Waals surface area contributed by atoms with Crippen LogP contribution < -0.4 is 16.4 Å². The van der Waals surface area contributed by atoms with Crippen LogP contribution in [-0.2, 0) is 0 Å². The third-order valence-corrected chi connectivity index (χ3v) is 4.01. The van der Waals surface area contributed by atoms with Crippen molar-refractivity contribution >= 4 is 17.1 Å². The molecule has 0 amide bonds. The SMILES string of the molecule is CC1CCC(N(C)c2ccc(N)c(N)c2)CC1. The highest BCUT2D eigenvalue weighted by Crippen LogP contribution is 2.30. The number of benzene rings is 1. The van der Waals surface area contributed by atoms with Gasteiger partial charge in [-0.2, -0.15) is 0 Å². The van der Waals surface area contributed by atoms with E-state index in [1.54, 1.807) is 0 Å². The molecule has 4 N–H and O–H groups in total. The van der Waals surface area contributed by atoms with E-state index in [9.17, 15) is 0 Å². The summed E-state index contributed by atoms with van der Waals surface area (Å²) in [7, 11) is 2.16. The van der Waals surface area contributed by atoms with Crippen molar-refractivity contribution < 1.29 is 0 Å². The summed E-state index contributed by atoms with van der Waals surface area (Å²) in [6, 6.07) is 6.58. The van der Waals surface area contributed by atoms with Gasteiger partial charge in [-0.25, -0.2) is 0 Å². The summed E-state index contributed by atoms with van der Waals surface area (Å²) in [5.41, 5.74) is 14.1. The molecule has 0 unspecified atom stereocenters. The van der Waals surface area contributed by atoms with Crippen molar-refractivity contribution in [2.75, 3.05) is 23.4 Å². The summed E-state index contributed by atoms with van der Waals surface area (Å²) < 4.78 is 0. The first-order valence-corrected chi connectivity index (χ1v) is 6.45. The second kappa shape index (κ2) is 4.86. The van der Waals surface area contributed by atoms with Crippen molar-refractivity contribution in [3.05, 3.63) is 18.2 Å². The smallest absolute Gasteiger partial charge is 0.0568 e. The molecule has 3 heteroatoms. The lowest BCUT2D eigenvalue weighted by molar-refractivity contribution is 0.341. The Hall–Kier alpha value is -1.38. The Morgan fingerprint density at radius 3 is 2.29 bits per heavy atom. The Bertz CT molecular complexity index is 381. The van der Waals surface area contributed by atoms with Crippen molar-refractivity contribution in [2.24, 2.45) is 5.92 Å². The number of hydrogen-bond acceptors (Lipinski definition) is 3. The van der Waals surface area contributed by atoms with E-state index in [4.69, 9.17) is 11.5 Å². The number of nitrogen functional groups attached to an aromatic ring is 2. The fraction of sp³-hybridized carbons (Fsp3) is 0.571. The molecule has 0 radical (unpaired) electrons. The van der Waals surface area contributed by atoms with Crippen molar-refractivity contribution in [3.63, 3.8) is 0 Å². The average molecular weight is 233 g/mol. The van der Waals surface area contributed by atoms with Crippen LogP contribution in [0.1, 0.15) is 32.6 Å². The Kier molecular flexibility index (Phi) is 3.46. The molecular weight excluding hydrogens is 210 g/mol. The number of hydrogen-bond donors (Lipinski definition) is 2. The molecule has 0 atom stereocenters. The van der Waals surface area contributed by atoms with Gasteiger partial charge in [-0.3, -0.25) is 0 Å². The molecule has 1 fully saturated rings. The molecule has 1 aliphatic carbocycles. The highest BCUT2D eigenvalue weighted by Gasteiger charge is 2.22. The quantitative estimate of drug-likeness (QED) is 0.772. The van der Waals surface area contributed by atoms with E-state index < -0.39 is 0 Å². The highest BCUT2D eigenvalue weighted by atomic mass is 15.1. The molecule has 0 aliphatic heterocycles. The predicted molar refractivity (Wildman–Crippen MR) is 75.1 cm³/mol. The number of rotatable bonds is 2. The maximum Gasteiger partial charge on any atom is 0.0568 e. The monoisotopic (exact) mass is 233 g/mol. The molecule has 0 heterocycles. The normalized spacial score (nSPS) is 24.6. The lowest BCUT2D eigenvalue weighted by Gasteiger charge is -2.35. The molecule has 1 saturated carbocycles. The molecule has 17 heavy (non-hydrogen) atoms. The first-order chi connectivity index (χ1) is 8.08. The first-order valence-electron chi connectivity index (χ1n) is 6.45. The van der Waals surface area contributed by atoms with Gasteiger partial charge in [0.25, 0.3) is 0 Å². The van der Waals surface area contributed by atoms with Gasteiger partial charge in [-0.1, -0.05) is 6.92 Å². The lowest BCUT2D eigenvalue weighted by atomic mass is 9.86. The zero-order chi connectivity index (χ0) is 12.4. The molecule has 0 aromatic heterocycles. The Morgan fingerprint density at radius 1 is 1.06 bits per heavy atom. The van der Waals surface area contributed by atoms with Crippen LogP contribution in [0.5, 0.6) is 0 Å². The summed E-state index contributed by atoms with van der Waals surface area (Å²) in [5.74, 6) is 0.885. The van der Waals surface area contributed by atoms with E-state index in [0.29, 0.717) is 17.4 Å². The van der Waals surface area contributed by atoms with Crippen LogP contribution in [0.25, 0.3) is 0 Å². The minimum atomic E-state index is 0.647. The Morgan fingerprint density at radius 2 is 1.71 bits per heavy atom. The Balaban J connectivity index is 2.08. The third-order valence-electron chi connectivity index (χ3n) is 4.01. The average Bonchev–Trinajstić information content (AvgIpc) is 2.33. The summed E-state index contributed by atoms with van der Waals surface area (Å²) in [6.07, 6.45) is 5.23. The van der Waals surface area contributed by atoms with Crippen LogP contribution in [0, 0.1) is 5.92 Å². The zero-order valence-corrected chi connectivity index (χ0v) is 10.8. The molecule has 1 aromatic rings. The molecule has 0 bridgehead atoms. The summed E-state index contributed by atoms with van der Waals surface area (Å²) in [6.45, 7) is 2.34. The maximum atomic E-state index is 5.86. The lowest BCUT2D eigenvalue weighted by Crippen LogP contribution is -2.34. The van der Waals surface area contributed by atoms with Crippen LogP contribution in [0.3, 0.4) is 0 Å². The molecule has 0 saturated heterocycles. The number of nitrogens with zero attached hydrogens (tertiary/aromatic N) is 1. The molecule has 3 nitrogen and oxygen atoms in total. The molecule has 94 valence electrons. The van der Waals surface area contributed by atoms with E-state index >= 15 is 0 Å². The molecule has 1 aliphatic rings. The van der Waals surface area contributed by atoms with Gasteiger partial charge in [0.05, 0.1) is 11.4 Å². The van der Waals surface area contributed by atoms with Gasteiger partial charge < -0.3 is 16.4 Å². The number of anilines is 3. The van der Waals surface area contributed by atoms with Crippen LogP contribution in [0.2, 0.25) is 0 Å². The van der Waals surface area contributed by atoms with Crippen LogP contribution in [-0.4, -0.2) is 13.1 Å². The molecule has 1 aromatic carbocycles. The summed E-state index contributed by atoms with van der Waals surface area (Å²) in [5, 5.41) is 0. The van der Waals surface area contributed by atoms with Crippen molar-refractivity contribution in [1.29, 1.82) is 0 Å². The standard InChI is InChI=1S/C14H23N3/c1-10-3-5-11(6-4-10)17(2)12-7-8-13(15)14(16)9-12/h7-11H,3-6,15-16H2,1-2H3. The van der Waals surface area contributed by atoms with Gasteiger partial charge in [0, 0.05) is 18.8 Å². The predicted octanol–water partition coefficient (Wildman–Crippen LogP) is 2.87. The topological polar surface area (TPSA) is 55.3 Å². The maximum absolute atomic E-state index is 5.86.